The zero-order chi connectivity index (χ0) is 18.3. The molecule has 0 saturated carbocycles. The number of aliphatic hydroxyl groups is 1. The van der Waals surface area contributed by atoms with Crippen LogP contribution in [0.25, 0.3) is 10.2 Å². The molecule has 4 rings (SSSR count). The number of β-amino-alcohol motifs (C(OH)–C–C–N with tert-alkyl or cyclic N) is 1. The monoisotopic (exact) mass is 368 g/mol. The van der Waals surface area contributed by atoms with E-state index in [1.54, 1.807) is 11.3 Å². The van der Waals surface area contributed by atoms with Gasteiger partial charge < -0.3 is 10.0 Å². The molecule has 136 valence electrons. The van der Waals surface area contributed by atoms with Crippen molar-refractivity contribution >= 4 is 27.4 Å². The van der Waals surface area contributed by atoms with Crippen LogP contribution in [0.1, 0.15) is 17.8 Å². The summed E-state index contributed by atoms with van der Waals surface area (Å²) in [6, 6.07) is 12.4. The van der Waals surface area contributed by atoms with Crippen molar-refractivity contribution in [2.45, 2.75) is 25.0 Å². The number of fused-ring (bicyclic) bond motifs is 1. The molecule has 1 fully saturated rings. The van der Waals surface area contributed by atoms with Crippen molar-refractivity contribution in [1.82, 2.24) is 14.9 Å². The number of hydrogen-bond acceptors (Lipinski definition) is 6. The van der Waals surface area contributed by atoms with Gasteiger partial charge in [0.05, 0.1) is 21.9 Å². The fourth-order valence-electron chi connectivity index (χ4n) is 4.13. The van der Waals surface area contributed by atoms with Gasteiger partial charge in [-0.1, -0.05) is 30.3 Å². The lowest BCUT2D eigenvalue weighted by Crippen LogP contribution is -2.60. The SMILES string of the molecule is Cc1nc(N2CC[C@@](c3ccccc3)(N(C)C)[C@H](O)C2)c2sccc2n1. The third-order valence-corrected chi connectivity index (χ3v) is 6.38. The third kappa shape index (κ3) is 2.69. The molecule has 0 bridgehead atoms. The van der Waals surface area contributed by atoms with Crippen LogP contribution in [0.4, 0.5) is 5.82 Å². The number of aliphatic hydroxyl groups excluding tert-OH is 1. The highest BCUT2D eigenvalue weighted by Crippen LogP contribution is 2.40. The molecule has 2 atom stereocenters. The molecule has 3 aromatic rings. The van der Waals surface area contributed by atoms with Crippen LogP contribution < -0.4 is 4.90 Å². The van der Waals surface area contributed by atoms with Crippen molar-refractivity contribution in [1.29, 1.82) is 0 Å². The van der Waals surface area contributed by atoms with E-state index in [0.29, 0.717) is 6.54 Å². The molecule has 0 unspecified atom stereocenters. The number of likely N-dealkylation sites (N-methyl/N-ethyl adjacent to an activating group) is 1. The van der Waals surface area contributed by atoms with Gasteiger partial charge in [-0.25, -0.2) is 9.97 Å². The number of piperidine rings is 1. The van der Waals surface area contributed by atoms with Crippen molar-refractivity contribution in [3.05, 3.63) is 53.2 Å². The number of benzene rings is 1. The van der Waals surface area contributed by atoms with E-state index < -0.39 is 6.10 Å². The van der Waals surface area contributed by atoms with Gasteiger partial charge in [-0.3, -0.25) is 4.90 Å². The van der Waals surface area contributed by atoms with Crippen molar-refractivity contribution in [2.75, 3.05) is 32.1 Å². The minimum Gasteiger partial charge on any atom is -0.389 e. The lowest BCUT2D eigenvalue weighted by atomic mass is 9.77. The maximum Gasteiger partial charge on any atom is 0.150 e. The molecule has 5 nitrogen and oxygen atoms in total. The number of aryl methyl sites for hydroxylation is 1. The third-order valence-electron chi connectivity index (χ3n) is 5.48. The first-order valence-corrected chi connectivity index (χ1v) is 9.78. The molecule has 2 aromatic heterocycles. The van der Waals surface area contributed by atoms with Crippen LogP contribution in [0.5, 0.6) is 0 Å². The molecular weight excluding hydrogens is 344 g/mol. The largest absolute Gasteiger partial charge is 0.389 e. The van der Waals surface area contributed by atoms with Gasteiger partial charge in [0, 0.05) is 13.1 Å². The highest BCUT2D eigenvalue weighted by atomic mass is 32.1. The summed E-state index contributed by atoms with van der Waals surface area (Å²) in [5.41, 5.74) is 1.77. The minimum absolute atomic E-state index is 0.381. The number of hydrogen-bond donors (Lipinski definition) is 1. The minimum atomic E-state index is -0.515. The molecule has 0 aliphatic carbocycles. The van der Waals surface area contributed by atoms with Gasteiger partial charge in [0.25, 0.3) is 0 Å². The maximum absolute atomic E-state index is 11.2. The van der Waals surface area contributed by atoms with Gasteiger partial charge in [-0.05, 0) is 44.4 Å². The second kappa shape index (κ2) is 6.61. The Bertz CT molecular complexity index is 911. The van der Waals surface area contributed by atoms with Crippen LogP contribution in [0.2, 0.25) is 0 Å². The van der Waals surface area contributed by atoms with E-state index in [9.17, 15) is 5.11 Å². The Hall–Kier alpha value is -2.02. The van der Waals surface area contributed by atoms with Gasteiger partial charge in [0.1, 0.15) is 11.6 Å². The lowest BCUT2D eigenvalue weighted by Gasteiger charge is -2.50. The molecule has 1 aliphatic heterocycles. The van der Waals surface area contributed by atoms with E-state index in [-0.39, 0.29) is 5.54 Å². The number of thiophene rings is 1. The number of anilines is 1. The summed E-state index contributed by atoms with van der Waals surface area (Å²) >= 11 is 1.66. The predicted octanol–water partition coefficient (Wildman–Crippen LogP) is 3.03. The highest BCUT2D eigenvalue weighted by molar-refractivity contribution is 7.17. The summed E-state index contributed by atoms with van der Waals surface area (Å²) < 4.78 is 1.10. The topological polar surface area (TPSA) is 52.5 Å². The second-order valence-electron chi connectivity index (χ2n) is 7.13. The number of aromatic nitrogens is 2. The normalized spacial score (nSPS) is 23.7. The fourth-order valence-corrected chi connectivity index (χ4v) is 4.98. The zero-order valence-electron chi connectivity index (χ0n) is 15.4. The molecule has 1 N–H and O–H groups in total. The van der Waals surface area contributed by atoms with Crippen molar-refractivity contribution in [2.24, 2.45) is 0 Å². The molecule has 26 heavy (non-hydrogen) atoms. The Morgan fingerprint density at radius 1 is 1.19 bits per heavy atom. The molecule has 6 heteroatoms. The average Bonchev–Trinajstić information content (AvgIpc) is 3.09. The zero-order valence-corrected chi connectivity index (χ0v) is 16.2. The fraction of sp³-hybridized carbons (Fsp3) is 0.400. The molecule has 1 saturated heterocycles. The van der Waals surface area contributed by atoms with Crippen LogP contribution in [-0.2, 0) is 5.54 Å². The van der Waals surface area contributed by atoms with Crippen LogP contribution in [-0.4, -0.2) is 53.3 Å². The molecule has 3 heterocycles. The average molecular weight is 369 g/mol. The Kier molecular flexibility index (Phi) is 4.42. The maximum atomic E-state index is 11.2. The standard InChI is InChI=1S/C20H24N4OS/c1-14-21-16-9-12-26-18(16)19(22-14)24-11-10-20(23(2)3,17(25)13-24)15-7-5-4-6-8-15/h4-9,12,17,25H,10-11,13H2,1-3H3/t17-,20+/m1/s1. The quantitative estimate of drug-likeness (QED) is 0.770. The molecule has 0 spiro atoms. The summed E-state index contributed by atoms with van der Waals surface area (Å²) in [6.07, 6.45) is 0.320. The van der Waals surface area contributed by atoms with Gasteiger partial charge in [-0.2, -0.15) is 0 Å². The van der Waals surface area contributed by atoms with Crippen molar-refractivity contribution in [3.63, 3.8) is 0 Å². The lowest BCUT2D eigenvalue weighted by molar-refractivity contribution is -0.0246. The second-order valence-corrected chi connectivity index (χ2v) is 8.04. The van der Waals surface area contributed by atoms with Crippen LogP contribution in [0, 0.1) is 6.92 Å². The summed E-state index contributed by atoms with van der Waals surface area (Å²) in [6.45, 7) is 3.32. The number of nitrogens with zero attached hydrogens (tertiary/aromatic N) is 4. The Morgan fingerprint density at radius 2 is 1.96 bits per heavy atom. The van der Waals surface area contributed by atoms with Crippen LogP contribution >= 0.6 is 11.3 Å². The van der Waals surface area contributed by atoms with Crippen molar-refractivity contribution < 1.29 is 5.11 Å². The van der Waals surface area contributed by atoms with E-state index in [0.717, 1.165) is 40.4 Å². The van der Waals surface area contributed by atoms with Crippen LogP contribution in [0.3, 0.4) is 0 Å². The summed E-state index contributed by atoms with van der Waals surface area (Å²) in [7, 11) is 4.11. The Morgan fingerprint density at radius 3 is 2.65 bits per heavy atom. The summed E-state index contributed by atoms with van der Waals surface area (Å²) in [5, 5.41) is 13.3. The van der Waals surface area contributed by atoms with Crippen molar-refractivity contribution in [3.8, 4) is 0 Å². The summed E-state index contributed by atoms with van der Waals surface area (Å²) in [4.78, 5) is 13.6. The van der Waals surface area contributed by atoms with Gasteiger partial charge in [0.2, 0.25) is 0 Å². The predicted molar refractivity (Wildman–Crippen MR) is 107 cm³/mol. The summed E-state index contributed by atoms with van der Waals surface area (Å²) in [5.74, 6) is 1.72. The highest BCUT2D eigenvalue weighted by Gasteiger charge is 2.46. The number of rotatable bonds is 3. The van der Waals surface area contributed by atoms with E-state index in [4.69, 9.17) is 4.98 Å². The van der Waals surface area contributed by atoms with Gasteiger partial charge in [-0.15, -0.1) is 11.3 Å². The molecule has 1 aromatic carbocycles. The van der Waals surface area contributed by atoms with Gasteiger partial charge >= 0.3 is 0 Å². The first kappa shape index (κ1) is 17.4. The first-order chi connectivity index (χ1) is 12.5. The smallest absolute Gasteiger partial charge is 0.150 e. The molecule has 0 amide bonds. The Balaban J connectivity index is 1.70. The molecular formula is C20H24N4OS. The van der Waals surface area contributed by atoms with E-state index in [1.165, 1.54) is 0 Å². The van der Waals surface area contributed by atoms with Gasteiger partial charge in [0.15, 0.2) is 0 Å². The van der Waals surface area contributed by atoms with Crippen LogP contribution in [0.15, 0.2) is 41.8 Å². The molecule has 1 aliphatic rings. The Labute approximate surface area is 157 Å². The van der Waals surface area contributed by atoms with E-state index in [2.05, 4.69) is 46.4 Å². The first-order valence-electron chi connectivity index (χ1n) is 8.90. The van der Waals surface area contributed by atoms with E-state index in [1.807, 2.05) is 31.2 Å². The molecule has 0 radical (unpaired) electrons. The van der Waals surface area contributed by atoms with E-state index >= 15 is 0 Å².